The van der Waals surface area contributed by atoms with E-state index in [4.69, 9.17) is 4.74 Å². The smallest absolute Gasteiger partial charge is 0.305 e. The summed E-state index contributed by atoms with van der Waals surface area (Å²) in [7, 11) is 0. The molecule has 69 heavy (non-hydrogen) atoms. The Morgan fingerprint density at radius 2 is 0.667 bits per heavy atom. The minimum atomic E-state index is -0.843. The van der Waals surface area contributed by atoms with E-state index in [2.05, 4.69) is 19.2 Å². The van der Waals surface area contributed by atoms with E-state index in [0.29, 0.717) is 19.4 Å². The number of amides is 1. The average Bonchev–Trinajstić information content (AvgIpc) is 3.35. The molecule has 1 amide bonds. The molecule has 0 aliphatic carbocycles. The molecule has 0 aliphatic rings. The van der Waals surface area contributed by atoms with Gasteiger partial charge in [0.1, 0.15) is 0 Å². The Morgan fingerprint density at radius 3 is 0.986 bits per heavy atom. The second-order valence-corrected chi connectivity index (χ2v) is 21.8. The number of aliphatic hydroxyl groups excluding tert-OH is 2. The van der Waals surface area contributed by atoms with Crippen LogP contribution in [-0.4, -0.2) is 47.4 Å². The molecule has 2 atom stereocenters. The lowest BCUT2D eigenvalue weighted by Crippen LogP contribution is -2.45. The molecular weight excluding hydrogens is 851 g/mol. The van der Waals surface area contributed by atoms with E-state index in [9.17, 15) is 19.8 Å². The Labute approximate surface area is 431 Å². The monoisotopic (exact) mass is 974 g/mol. The number of unbranched alkanes of at least 4 members (excludes halogenated alkanes) is 48. The largest absolute Gasteiger partial charge is 0.466 e. The lowest BCUT2D eigenvalue weighted by atomic mass is 10.0. The maximum absolute atomic E-state index is 12.4. The van der Waals surface area contributed by atoms with Crippen LogP contribution in [0.15, 0.2) is 12.2 Å². The maximum Gasteiger partial charge on any atom is 0.305 e. The molecule has 410 valence electrons. The van der Waals surface area contributed by atoms with Crippen LogP contribution in [0.2, 0.25) is 0 Å². The summed E-state index contributed by atoms with van der Waals surface area (Å²) >= 11 is 0. The first-order valence-corrected chi connectivity index (χ1v) is 31.5. The van der Waals surface area contributed by atoms with Gasteiger partial charge in [0.15, 0.2) is 0 Å². The fraction of sp³-hybridized carbons (Fsp3) is 0.937. The molecule has 0 heterocycles. The quantitative estimate of drug-likeness (QED) is 0.0321. The number of allylic oxidation sites excluding steroid dienone is 1. The van der Waals surface area contributed by atoms with Crippen LogP contribution in [0.4, 0.5) is 0 Å². The van der Waals surface area contributed by atoms with Crippen molar-refractivity contribution in [2.75, 3.05) is 13.2 Å². The van der Waals surface area contributed by atoms with Crippen LogP contribution in [-0.2, 0) is 14.3 Å². The van der Waals surface area contributed by atoms with Crippen molar-refractivity contribution in [3.63, 3.8) is 0 Å². The molecule has 0 aliphatic heterocycles. The van der Waals surface area contributed by atoms with Crippen LogP contribution < -0.4 is 5.32 Å². The van der Waals surface area contributed by atoms with E-state index < -0.39 is 12.1 Å². The zero-order valence-corrected chi connectivity index (χ0v) is 46.8. The summed E-state index contributed by atoms with van der Waals surface area (Å²) in [5.41, 5.74) is 0. The number of carbonyl (C=O) groups excluding carboxylic acids is 2. The molecule has 0 saturated heterocycles. The predicted octanol–water partition coefficient (Wildman–Crippen LogP) is 19.6. The third-order valence-electron chi connectivity index (χ3n) is 14.8. The molecule has 0 aromatic rings. The lowest BCUT2D eigenvalue weighted by molar-refractivity contribution is -0.143. The SMILES string of the molecule is CCCCCCCCCCCCC/C=C/C(O)C(CO)NC(=O)CCCCCCCCCCCCCCCCCCCCCCCOC(=O)CCCCCCCCCCCCCCCCCCCC. The number of carbonyl (C=O) groups is 2. The molecule has 2 unspecified atom stereocenters. The number of aliphatic hydroxyl groups is 2. The first-order chi connectivity index (χ1) is 34.0. The standard InChI is InChI=1S/C63H123NO5/c1-3-5-7-9-11-13-15-17-18-19-26-29-33-37-41-45-49-53-57-63(68)69-58-54-50-46-42-38-34-30-27-24-22-20-21-23-25-28-32-36-40-44-48-52-56-62(67)64-60(59-65)61(66)55-51-47-43-39-35-31-16-14-12-10-8-6-4-2/h51,55,60-61,65-66H,3-50,52-54,56-59H2,1-2H3,(H,64,67)/b55-51+. The van der Waals surface area contributed by atoms with Crippen molar-refractivity contribution in [1.29, 1.82) is 0 Å². The normalized spacial score (nSPS) is 12.6. The predicted molar refractivity (Wildman–Crippen MR) is 301 cm³/mol. The summed E-state index contributed by atoms with van der Waals surface area (Å²) in [4.78, 5) is 24.5. The summed E-state index contributed by atoms with van der Waals surface area (Å²) in [6.45, 7) is 4.93. The van der Waals surface area contributed by atoms with Gasteiger partial charge in [0, 0.05) is 12.8 Å². The van der Waals surface area contributed by atoms with Gasteiger partial charge in [-0.1, -0.05) is 321 Å². The fourth-order valence-electron chi connectivity index (χ4n) is 9.99. The third kappa shape index (κ3) is 55.8. The van der Waals surface area contributed by atoms with E-state index in [1.54, 1.807) is 6.08 Å². The molecule has 0 bridgehead atoms. The summed E-state index contributed by atoms with van der Waals surface area (Å²) in [6, 6.07) is -0.627. The van der Waals surface area contributed by atoms with Crippen molar-refractivity contribution in [1.82, 2.24) is 5.32 Å². The van der Waals surface area contributed by atoms with Gasteiger partial charge < -0.3 is 20.3 Å². The molecule has 6 heteroatoms. The van der Waals surface area contributed by atoms with Gasteiger partial charge in [-0.3, -0.25) is 9.59 Å². The summed E-state index contributed by atoms with van der Waals surface area (Å²) in [5.74, 6) is -0.0510. The first-order valence-electron chi connectivity index (χ1n) is 31.5. The van der Waals surface area contributed by atoms with Crippen molar-refractivity contribution in [3.05, 3.63) is 12.2 Å². The Kier molecular flexibility index (Phi) is 58.0. The van der Waals surface area contributed by atoms with Crippen molar-refractivity contribution in [3.8, 4) is 0 Å². The zero-order chi connectivity index (χ0) is 50.0. The fourth-order valence-corrected chi connectivity index (χ4v) is 9.99. The van der Waals surface area contributed by atoms with E-state index in [1.165, 1.54) is 289 Å². The van der Waals surface area contributed by atoms with Gasteiger partial charge in [-0.15, -0.1) is 0 Å². The van der Waals surface area contributed by atoms with Gasteiger partial charge >= 0.3 is 5.97 Å². The van der Waals surface area contributed by atoms with E-state index in [1.807, 2.05) is 6.08 Å². The Balaban J connectivity index is 3.36. The lowest BCUT2D eigenvalue weighted by Gasteiger charge is -2.20. The molecule has 0 fully saturated rings. The highest BCUT2D eigenvalue weighted by molar-refractivity contribution is 5.76. The number of rotatable bonds is 59. The number of nitrogens with one attached hydrogen (secondary N) is 1. The zero-order valence-electron chi connectivity index (χ0n) is 46.8. The summed E-state index contributed by atoms with van der Waals surface area (Å²) in [5, 5.41) is 23.1. The number of hydrogen-bond acceptors (Lipinski definition) is 5. The molecule has 0 saturated carbocycles. The van der Waals surface area contributed by atoms with Gasteiger partial charge in [0.25, 0.3) is 0 Å². The second-order valence-electron chi connectivity index (χ2n) is 21.8. The average molecular weight is 975 g/mol. The topological polar surface area (TPSA) is 95.9 Å². The second kappa shape index (κ2) is 59.2. The van der Waals surface area contributed by atoms with Gasteiger partial charge in [0.05, 0.1) is 25.4 Å². The number of hydrogen-bond donors (Lipinski definition) is 3. The van der Waals surface area contributed by atoms with Crippen molar-refractivity contribution < 1.29 is 24.5 Å². The van der Waals surface area contributed by atoms with Crippen LogP contribution in [0.25, 0.3) is 0 Å². The minimum absolute atomic E-state index is 0.0164. The molecule has 3 N–H and O–H groups in total. The molecule has 0 aromatic heterocycles. The van der Waals surface area contributed by atoms with Gasteiger partial charge in [0.2, 0.25) is 5.91 Å². The van der Waals surface area contributed by atoms with E-state index >= 15 is 0 Å². The molecule has 0 spiro atoms. The third-order valence-corrected chi connectivity index (χ3v) is 14.8. The Morgan fingerprint density at radius 1 is 0.391 bits per heavy atom. The summed E-state index contributed by atoms with van der Waals surface area (Å²) in [6.07, 6.45) is 71.1. The van der Waals surface area contributed by atoms with Crippen molar-refractivity contribution in [2.45, 2.75) is 366 Å². The Hall–Kier alpha value is -1.40. The van der Waals surface area contributed by atoms with Gasteiger partial charge in [-0.25, -0.2) is 0 Å². The number of ether oxygens (including phenoxy) is 1. The van der Waals surface area contributed by atoms with Crippen LogP contribution in [0.1, 0.15) is 354 Å². The van der Waals surface area contributed by atoms with Crippen LogP contribution in [0.3, 0.4) is 0 Å². The highest BCUT2D eigenvalue weighted by Gasteiger charge is 2.18. The van der Waals surface area contributed by atoms with Crippen LogP contribution >= 0.6 is 0 Å². The van der Waals surface area contributed by atoms with Crippen LogP contribution in [0, 0.1) is 0 Å². The van der Waals surface area contributed by atoms with Crippen molar-refractivity contribution in [2.24, 2.45) is 0 Å². The summed E-state index contributed by atoms with van der Waals surface area (Å²) < 4.78 is 5.50. The minimum Gasteiger partial charge on any atom is -0.466 e. The van der Waals surface area contributed by atoms with Gasteiger partial charge in [-0.2, -0.15) is 0 Å². The highest BCUT2D eigenvalue weighted by atomic mass is 16.5. The molecule has 0 aromatic carbocycles. The van der Waals surface area contributed by atoms with E-state index in [-0.39, 0.29) is 18.5 Å². The maximum atomic E-state index is 12.4. The molecule has 0 rings (SSSR count). The molecular formula is C63H123NO5. The molecule has 0 radical (unpaired) electrons. The highest BCUT2D eigenvalue weighted by Crippen LogP contribution is 2.18. The first kappa shape index (κ1) is 67.6. The molecule has 6 nitrogen and oxygen atoms in total. The van der Waals surface area contributed by atoms with Crippen LogP contribution in [0.5, 0.6) is 0 Å². The Bertz CT molecular complexity index is 1030. The number of esters is 1. The van der Waals surface area contributed by atoms with E-state index in [0.717, 1.165) is 38.5 Å². The van der Waals surface area contributed by atoms with Gasteiger partial charge in [-0.05, 0) is 32.1 Å². The van der Waals surface area contributed by atoms with Crippen molar-refractivity contribution >= 4 is 11.9 Å².